The van der Waals surface area contributed by atoms with Crippen LogP contribution >= 0.6 is 0 Å². The van der Waals surface area contributed by atoms with Crippen LogP contribution in [0.1, 0.15) is 37.7 Å². The summed E-state index contributed by atoms with van der Waals surface area (Å²) in [4.78, 5) is 15.7. The van der Waals surface area contributed by atoms with Crippen molar-refractivity contribution in [1.29, 1.82) is 0 Å². The second-order valence-corrected chi connectivity index (χ2v) is 10.7. The van der Waals surface area contributed by atoms with Crippen LogP contribution in [-0.2, 0) is 25.7 Å². The van der Waals surface area contributed by atoms with Crippen molar-refractivity contribution in [2.75, 3.05) is 47.9 Å². The lowest BCUT2D eigenvalue weighted by Gasteiger charge is -2.34. The Morgan fingerprint density at radius 3 is 2.09 bits per heavy atom. The predicted molar refractivity (Wildman–Crippen MR) is 119 cm³/mol. The second kappa shape index (κ2) is 11.6. The van der Waals surface area contributed by atoms with E-state index in [4.69, 9.17) is 4.74 Å². The largest absolute Gasteiger partial charge is 0.416 e. The molecule has 2 rings (SSSR count). The Hall–Kier alpha value is -1.69. The summed E-state index contributed by atoms with van der Waals surface area (Å²) in [6.45, 7) is 1.76. The molecular weight excluding hydrogens is 459 g/mol. The molecular formula is C22H34F3N3O4S. The monoisotopic (exact) mass is 493 g/mol. The van der Waals surface area contributed by atoms with E-state index < -0.39 is 21.8 Å². The summed E-state index contributed by atoms with van der Waals surface area (Å²) in [7, 11) is 3.23. The van der Waals surface area contributed by atoms with Crippen LogP contribution in [-0.4, -0.2) is 88.5 Å². The van der Waals surface area contributed by atoms with Gasteiger partial charge in [0.05, 0.1) is 29.6 Å². The molecule has 0 atom stereocenters. The fourth-order valence-corrected chi connectivity index (χ4v) is 5.15. The first-order valence-corrected chi connectivity index (χ1v) is 12.4. The van der Waals surface area contributed by atoms with E-state index in [1.54, 1.807) is 11.9 Å². The molecule has 0 aliphatic heterocycles. The number of rotatable bonds is 10. The zero-order chi connectivity index (χ0) is 24.8. The van der Waals surface area contributed by atoms with Crippen molar-refractivity contribution in [3.8, 4) is 0 Å². The maximum Gasteiger partial charge on any atom is 0.416 e. The van der Waals surface area contributed by atoms with Crippen LogP contribution in [0.5, 0.6) is 0 Å². The second-order valence-electron chi connectivity index (χ2n) is 8.71. The number of alkyl halides is 3. The van der Waals surface area contributed by atoms with Gasteiger partial charge in [0, 0.05) is 33.2 Å². The SMILES string of the molecule is CN(C)CCN(C)C(=O)CCOC1CCC(N(C)S(=O)(=O)c2ccc(C(F)(F)F)cc2)CC1. The van der Waals surface area contributed by atoms with Gasteiger partial charge in [-0.05, 0) is 64.0 Å². The van der Waals surface area contributed by atoms with Gasteiger partial charge in [-0.2, -0.15) is 17.5 Å². The van der Waals surface area contributed by atoms with Gasteiger partial charge in [0.15, 0.2) is 0 Å². The van der Waals surface area contributed by atoms with Crippen molar-refractivity contribution < 1.29 is 31.1 Å². The molecule has 0 bridgehead atoms. The summed E-state index contributed by atoms with van der Waals surface area (Å²) in [5.74, 6) is 0.0212. The third kappa shape index (κ3) is 7.94. The molecule has 1 aliphatic rings. The molecule has 1 saturated carbocycles. The molecule has 1 aromatic carbocycles. The zero-order valence-electron chi connectivity index (χ0n) is 19.6. The molecule has 0 saturated heterocycles. The summed E-state index contributed by atoms with van der Waals surface area (Å²) >= 11 is 0. The summed E-state index contributed by atoms with van der Waals surface area (Å²) < 4.78 is 71.0. The molecule has 1 aromatic rings. The number of sulfonamides is 1. The van der Waals surface area contributed by atoms with E-state index >= 15 is 0 Å². The minimum atomic E-state index is -4.52. The van der Waals surface area contributed by atoms with Gasteiger partial charge in [-0.15, -0.1) is 0 Å². The normalized spacial score (nSPS) is 19.8. The number of carbonyl (C=O) groups excluding carboxylic acids is 1. The van der Waals surface area contributed by atoms with Crippen molar-refractivity contribution in [3.05, 3.63) is 29.8 Å². The number of hydrogen-bond donors (Lipinski definition) is 0. The highest BCUT2D eigenvalue weighted by Crippen LogP contribution is 2.32. The Morgan fingerprint density at radius 1 is 1.00 bits per heavy atom. The minimum Gasteiger partial charge on any atom is -0.378 e. The van der Waals surface area contributed by atoms with Crippen LogP contribution in [0.3, 0.4) is 0 Å². The number of amides is 1. The molecule has 0 radical (unpaired) electrons. The molecule has 11 heteroatoms. The average Bonchev–Trinajstić information content (AvgIpc) is 2.76. The van der Waals surface area contributed by atoms with E-state index in [1.165, 1.54) is 11.4 Å². The smallest absolute Gasteiger partial charge is 0.378 e. The van der Waals surface area contributed by atoms with Gasteiger partial charge in [0.1, 0.15) is 0 Å². The molecule has 1 fully saturated rings. The summed E-state index contributed by atoms with van der Waals surface area (Å²) in [6.07, 6.45) is -1.78. The average molecular weight is 494 g/mol. The molecule has 0 spiro atoms. The van der Waals surface area contributed by atoms with Crippen LogP contribution in [0.2, 0.25) is 0 Å². The van der Waals surface area contributed by atoms with E-state index in [-0.39, 0.29) is 22.9 Å². The lowest BCUT2D eigenvalue weighted by atomic mass is 9.93. The molecule has 0 N–H and O–H groups in total. The maximum absolute atomic E-state index is 12.8. The molecule has 33 heavy (non-hydrogen) atoms. The van der Waals surface area contributed by atoms with E-state index in [1.807, 2.05) is 19.0 Å². The maximum atomic E-state index is 12.8. The Labute approximate surface area is 194 Å². The Morgan fingerprint density at radius 2 is 1.58 bits per heavy atom. The number of nitrogens with zero attached hydrogens (tertiary/aromatic N) is 3. The van der Waals surface area contributed by atoms with Gasteiger partial charge >= 0.3 is 6.18 Å². The van der Waals surface area contributed by atoms with Crippen LogP contribution in [0.4, 0.5) is 13.2 Å². The summed E-state index contributed by atoms with van der Waals surface area (Å²) in [6, 6.07) is 3.30. The Bertz CT molecular complexity index is 868. The third-order valence-electron chi connectivity index (χ3n) is 5.99. The van der Waals surface area contributed by atoms with Gasteiger partial charge in [0.2, 0.25) is 15.9 Å². The highest BCUT2D eigenvalue weighted by atomic mass is 32.2. The molecule has 1 aliphatic carbocycles. The number of halogens is 3. The lowest BCUT2D eigenvalue weighted by Crippen LogP contribution is -2.40. The fraction of sp³-hybridized carbons (Fsp3) is 0.682. The Kier molecular flexibility index (Phi) is 9.71. The van der Waals surface area contributed by atoms with E-state index in [2.05, 4.69) is 0 Å². The van der Waals surface area contributed by atoms with Crippen LogP contribution in [0.15, 0.2) is 29.2 Å². The molecule has 188 valence electrons. The quantitative estimate of drug-likeness (QED) is 0.501. The van der Waals surface area contributed by atoms with Crippen molar-refractivity contribution in [2.24, 2.45) is 0 Å². The highest BCUT2D eigenvalue weighted by molar-refractivity contribution is 7.89. The van der Waals surface area contributed by atoms with Gasteiger partial charge < -0.3 is 14.5 Å². The Balaban J connectivity index is 1.81. The fourth-order valence-electron chi connectivity index (χ4n) is 3.73. The first kappa shape index (κ1) is 27.6. The van der Waals surface area contributed by atoms with Gasteiger partial charge in [-0.1, -0.05) is 0 Å². The van der Waals surface area contributed by atoms with E-state index in [0.29, 0.717) is 45.3 Å². The standard InChI is InChI=1S/C22H34F3N3O4S/c1-26(2)14-15-27(3)21(29)13-16-32-19-9-7-18(8-10-19)28(4)33(30,31)20-11-5-17(6-12-20)22(23,24)25/h5-6,11-12,18-19H,7-10,13-16H2,1-4H3. The van der Waals surface area contributed by atoms with Crippen molar-refractivity contribution in [3.63, 3.8) is 0 Å². The van der Waals surface area contributed by atoms with Crippen molar-refractivity contribution in [1.82, 2.24) is 14.1 Å². The molecule has 0 aromatic heterocycles. The van der Waals surface area contributed by atoms with Crippen LogP contribution in [0, 0.1) is 0 Å². The zero-order valence-corrected chi connectivity index (χ0v) is 20.5. The summed E-state index contributed by atoms with van der Waals surface area (Å²) in [5.41, 5.74) is -0.885. The number of ether oxygens (including phenoxy) is 1. The molecule has 0 heterocycles. The predicted octanol–water partition coefficient (Wildman–Crippen LogP) is 3.06. The molecule has 7 nitrogen and oxygen atoms in total. The number of benzene rings is 1. The topological polar surface area (TPSA) is 70.2 Å². The van der Waals surface area contributed by atoms with Crippen LogP contribution < -0.4 is 0 Å². The van der Waals surface area contributed by atoms with E-state index in [0.717, 1.165) is 30.8 Å². The lowest BCUT2D eigenvalue weighted by molar-refractivity contribution is -0.137. The molecule has 0 unspecified atom stereocenters. The first-order valence-electron chi connectivity index (χ1n) is 11.0. The number of hydrogen-bond acceptors (Lipinski definition) is 5. The van der Waals surface area contributed by atoms with Gasteiger partial charge in [-0.3, -0.25) is 4.79 Å². The van der Waals surface area contributed by atoms with Gasteiger partial charge in [-0.25, -0.2) is 8.42 Å². The van der Waals surface area contributed by atoms with E-state index in [9.17, 15) is 26.4 Å². The van der Waals surface area contributed by atoms with Crippen molar-refractivity contribution in [2.45, 2.75) is 55.3 Å². The van der Waals surface area contributed by atoms with Gasteiger partial charge in [0.25, 0.3) is 0 Å². The highest BCUT2D eigenvalue weighted by Gasteiger charge is 2.34. The molecule has 1 amide bonds. The minimum absolute atomic E-state index is 0.0212. The van der Waals surface area contributed by atoms with Crippen LogP contribution in [0.25, 0.3) is 0 Å². The van der Waals surface area contributed by atoms with Crippen molar-refractivity contribution >= 4 is 15.9 Å². The third-order valence-corrected chi connectivity index (χ3v) is 7.92. The first-order chi connectivity index (χ1) is 15.3. The number of likely N-dealkylation sites (N-methyl/N-ethyl adjacent to an activating group) is 2. The summed E-state index contributed by atoms with van der Waals surface area (Å²) in [5, 5.41) is 0. The number of carbonyl (C=O) groups is 1.